The number of anilines is 3. The summed E-state index contributed by atoms with van der Waals surface area (Å²) < 4.78 is 0. The number of nitrogens with one attached hydrogen (secondary N) is 3. The van der Waals surface area contributed by atoms with Crippen LogP contribution in [0, 0.1) is 18.3 Å². The van der Waals surface area contributed by atoms with Crippen LogP contribution in [0.5, 0.6) is 0 Å². The quantitative estimate of drug-likeness (QED) is 0.257. The zero-order valence-corrected chi connectivity index (χ0v) is 17.7. The Labute approximate surface area is 187 Å². The SMILES string of the molecule is Cc1c(Nc2c(C#N)cnc3sc(-c4ccc(NC(=O)O)cc4)cc23)ccc2[nH]ccc12. The van der Waals surface area contributed by atoms with E-state index in [-0.39, 0.29) is 0 Å². The molecule has 0 unspecified atom stereocenters. The van der Waals surface area contributed by atoms with Crippen molar-refractivity contribution in [2.75, 3.05) is 10.6 Å². The van der Waals surface area contributed by atoms with Gasteiger partial charge in [0, 0.05) is 44.9 Å². The highest BCUT2D eigenvalue weighted by Crippen LogP contribution is 2.39. The first-order chi connectivity index (χ1) is 15.5. The lowest BCUT2D eigenvalue weighted by Gasteiger charge is -2.12. The van der Waals surface area contributed by atoms with Crippen molar-refractivity contribution in [3.05, 3.63) is 72.1 Å². The van der Waals surface area contributed by atoms with E-state index in [4.69, 9.17) is 5.11 Å². The van der Waals surface area contributed by atoms with Crippen molar-refractivity contribution in [1.82, 2.24) is 9.97 Å². The Kier molecular flexibility index (Phi) is 4.73. The molecule has 1 amide bonds. The normalized spacial score (nSPS) is 10.9. The minimum absolute atomic E-state index is 0.469. The third kappa shape index (κ3) is 3.41. The monoisotopic (exact) mass is 439 g/mol. The number of aromatic nitrogens is 2. The number of hydrogen-bond donors (Lipinski definition) is 4. The van der Waals surface area contributed by atoms with Crippen LogP contribution in [0.4, 0.5) is 21.9 Å². The molecule has 0 aliphatic heterocycles. The Balaban J connectivity index is 1.58. The van der Waals surface area contributed by atoms with Gasteiger partial charge in [-0.15, -0.1) is 11.3 Å². The summed E-state index contributed by atoms with van der Waals surface area (Å²) in [6.07, 6.45) is 2.40. The number of aryl methyl sites for hydroxylation is 1. The summed E-state index contributed by atoms with van der Waals surface area (Å²) in [6, 6.07) is 17.5. The molecule has 3 aromatic heterocycles. The van der Waals surface area contributed by atoms with Gasteiger partial charge in [0.15, 0.2) is 0 Å². The highest BCUT2D eigenvalue weighted by atomic mass is 32.1. The molecule has 3 heterocycles. The van der Waals surface area contributed by atoms with E-state index in [1.165, 1.54) is 11.3 Å². The number of rotatable bonds is 4. The first kappa shape index (κ1) is 19.6. The molecule has 156 valence electrons. The Morgan fingerprint density at radius 1 is 1.16 bits per heavy atom. The minimum Gasteiger partial charge on any atom is -0.465 e. The molecule has 0 spiro atoms. The number of hydrogen-bond acceptors (Lipinski definition) is 5. The molecule has 2 aromatic carbocycles. The summed E-state index contributed by atoms with van der Waals surface area (Å²) in [5, 5.41) is 26.4. The molecule has 4 N–H and O–H groups in total. The second-order valence-corrected chi connectivity index (χ2v) is 8.33. The van der Waals surface area contributed by atoms with E-state index in [1.54, 1.807) is 18.3 Å². The van der Waals surface area contributed by atoms with Gasteiger partial charge in [0.25, 0.3) is 0 Å². The van der Waals surface area contributed by atoms with Gasteiger partial charge in [-0.2, -0.15) is 5.26 Å². The van der Waals surface area contributed by atoms with Crippen LogP contribution >= 0.6 is 11.3 Å². The maximum Gasteiger partial charge on any atom is 0.409 e. The molecule has 0 atom stereocenters. The van der Waals surface area contributed by atoms with Gasteiger partial charge in [-0.3, -0.25) is 5.32 Å². The fraction of sp³-hybridized carbons (Fsp3) is 0.0417. The number of H-pyrrole nitrogens is 1. The smallest absolute Gasteiger partial charge is 0.409 e. The van der Waals surface area contributed by atoms with Crippen LogP contribution < -0.4 is 10.6 Å². The average Bonchev–Trinajstić information content (AvgIpc) is 3.43. The van der Waals surface area contributed by atoms with E-state index in [0.717, 1.165) is 48.5 Å². The molecular formula is C24H17N5O2S. The first-order valence-electron chi connectivity index (χ1n) is 9.80. The van der Waals surface area contributed by atoms with Crippen molar-refractivity contribution in [2.45, 2.75) is 6.92 Å². The highest BCUT2D eigenvalue weighted by molar-refractivity contribution is 7.22. The van der Waals surface area contributed by atoms with Gasteiger partial charge >= 0.3 is 6.09 Å². The van der Waals surface area contributed by atoms with Crippen LogP contribution in [0.1, 0.15) is 11.1 Å². The average molecular weight is 440 g/mol. The standard InChI is InChI=1S/C24H17N5O2S/c1-13-17-8-9-26-20(17)7-6-19(13)29-22-15(11-25)12-27-23-18(22)10-21(32-23)14-2-4-16(5-3-14)28-24(30)31/h2-10,12,26,28H,1H3,(H,27,29)(H,30,31). The maximum atomic E-state index is 10.8. The molecule has 0 fully saturated rings. The van der Waals surface area contributed by atoms with Crippen LogP contribution in [0.25, 0.3) is 31.6 Å². The van der Waals surface area contributed by atoms with Crippen molar-refractivity contribution in [1.29, 1.82) is 5.26 Å². The number of pyridine rings is 1. The number of amides is 1. The summed E-state index contributed by atoms with van der Waals surface area (Å²) in [5.41, 5.74) is 5.72. The molecule has 0 saturated heterocycles. The largest absolute Gasteiger partial charge is 0.465 e. The predicted molar refractivity (Wildman–Crippen MR) is 128 cm³/mol. The maximum absolute atomic E-state index is 10.8. The summed E-state index contributed by atoms with van der Waals surface area (Å²) in [7, 11) is 0. The number of carboxylic acid groups (broad SMARTS) is 1. The molecule has 5 rings (SSSR count). The highest BCUT2D eigenvalue weighted by Gasteiger charge is 2.15. The molecule has 32 heavy (non-hydrogen) atoms. The van der Waals surface area contributed by atoms with Gasteiger partial charge in [0.05, 0.1) is 11.3 Å². The predicted octanol–water partition coefficient (Wildman–Crippen LogP) is 6.46. The molecule has 0 aliphatic carbocycles. The van der Waals surface area contributed by atoms with Crippen LogP contribution in [0.15, 0.2) is 60.9 Å². The van der Waals surface area contributed by atoms with E-state index >= 15 is 0 Å². The van der Waals surface area contributed by atoms with Crippen molar-refractivity contribution in [2.24, 2.45) is 0 Å². The Morgan fingerprint density at radius 3 is 2.72 bits per heavy atom. The number of carbonyl (C=O) groups is 1. The molecule has 0 saturated carbocycles. The summed E-state index contributed by atoms with van der Waals surface area (Å²) >= 11 is 1.52. The number of benzene rings is 2. The van der Waals surface area contributed by atoms with Gasteiger partial charge in [-0.05, 0) is 54.4 Å². The minimum atomic E-state index is -1.10. The van der Waals surface area contributed by atoms with E-state index in [1.807, 2.05) is 42.6 Å². The summed E-state index contributed by atoms with van der Waals surface area (Å²) in [5.74, 6) is 0. The van der Waals surface area contributed by atoms with Crippen molar-refractivity contribution in [3.63, 3.8) is 0 Å². The Bertz CT molecular complexity index is 1530. The van der Waals surface area contributed by atoms with Gasteiger partial charge in [0.1, 0.15) is 10.9 Å². The number of aromatic amines is 1. The summed E-state index contributed by atoms with van der Waals surface area (Å²) in [4.78, 5) is 20.3. The number of fused-ring (bicyclic) bond motifs is 2. The molecule has 5 aromatic rings. The first-order valence-corrected chi connectivity index (χ1v) is 10.6. The summed E-state index contributed by atoms with van der Waals surface area (Å²) in [6.45, 7) is 2.05. The Morgan fingerprint density at radius 2 is 1.97 bits per heavy atom. The number of thiophene rings is 1. The van der Waals surface area contributed by atoms with Crippen LogP contribution in [-0.4, -0.2) is 21.2 Å². The van der Waals surface area contributed by atoms with Crippen molar-refractivity contribution in [3.8, 4) is 16.5 Å². The second kappa shape index (κ2) is 7.72. The third-order valence-electron chi connectivity index (χ3n) is 5.37. The van der Waals surface area contributed by atoms with Crippen LogP contribution in [0.2, 0.25) is 0 Å². The molecule has 0 radical (unpaired) electrons. The number of nitrogens with zero attached hydrogens (tertiary/aromatic N) is 2. The second-order valence-electron chi connectivity index (χ2n) is 7.30. The molecule has 0 bridgehead atoms. The zero-order valence-electron chi connectivity index (χ0n) is 16.9. The molecular weight excluding hydrogens is 422 g/mol. The zero-order chi connectivity index (χ0) is 22.2. The lowest BCUT2D eigenvalue weighted by molar-refractivity contribution is 0.210. The van der Waals surface area contributed by atoms with Gasteiger partial charge in [-0.1, -0.05) is 12.1 Å². The van der Waals surface area contributed by atoms with Gasteiger partial charge in [-0.25, -0.2) is 9.78 Å². The van der Waals surface area contributed by atoms with Crippen LogP contribution in [-0.2, 0) is 0 Å². The fourth-order valence-electron chi connectivity index (χ4n) is 3.75. The van der Waals surface area contributed by atoms with E-state index in [9.17, 15) is 10.1 Å². The van der Waals surface area contributed by atoms with E-state index < -0.39 is 6.09 Å². The van der Waals surface area contributed by atoms with Crippen molar-refractivity contribution >= 4 is 55.6 Å². The van der Waals surface area contributed by atoms with Gasteiger partial charge < -0.3 is 15.4 Å². The van der Waals surface area contributed by atoms with Gasteiger partial charge in [0.2, 0.25) is 0 Å². The fourth-order valence-corrected chi connectivity index (χ4v) is 4.76. The number of nitriles is 1. The third-order valence-corrected chi connectivity index (χ3v) is 6.46. The molecule has 7 nitrogen and oxygen atoms in total. The lowest BCUT2D eigenvalue weighted by Crippen LogP contribution is -2.06. The topological polar surface area (TPSA) is 114 Å². The van der Waals surface area contributed by atoms with Crippen molar-refractivity contribution < 1.29 is 9.90 Å². The van der Waals surface area contributed by atoms with E-state index in [0.29, 0.717) is 11.3 Å². The van der Waals surface area contributed by atoms with Crippen LogP contribution in [0.3, 0.4) is 0 Å². The molecule has 0 aliphatic rings. The Hall–Kier alpha value is -4.35. The molecule has 8 heteroatoms. The van der Waals surface area contributed by atoms with E-state index in [2.05, 4.69) is 33.6 Å². The lowest BCUT2D eigenvalue weighted by atomic mass is 10.1.